The van der Waals surface area contributed by atoms with Crippen molar-refractivity contribution in [2.45, 2.75) is 6.92 Å². The van der Waals surface area contributed by atoms with E-state index in [9.17, 15) is 14.4 Å². The van der Waals surface area contributed by atoms with Crippen molar-refractivity contribution < 1.29 is 14.4 Å². The van der Waals surface area contributed by atoms with Crippen LogP contribution in [0.3, 0.4) is 0 Å². The highest BCUT2D eigenvalue weighted by molar-refractivity contribution is 6.31. The molecule has 0 aromatic rings. The molecule has 0 fully saturated rings. The molecular formula is C11H12O3. The molecule has 3 heteroatoms. The Morgan fingerprint density at radius 3 is 1.21 bits per heavy atom. The lowest BCUT2D eigenvalue weighted by molar-refractivity contribution is -0.141. The molecule has 3 nitrogen and oxygen atoms in total. The third-order valence-corrected chi connectivity index (χ3v) is 2.03. The van der Waals surface area contributed by atoms with Crippen LogP contribution in [-0.4, -0.2) is 17.3 Å². The van der Waals surface area contributed by atoms with Crippen molar-refractivity contribution in [3.8, 4) is 0 Å². The molecule has 0 aliphatic carbocycles. The number of rotatable bonds is 6. The van der Waals surface area contributed by atoms with Gasteiger partial charge < -0.3 is 0 Å². The molecule has 0 radical (unpaired) electrons. The number of hydrogen-bond donors (Lipinski definition) is 0. The number of hydrogen-bond acceptors (Lipinski definition) is 3. The van der Waals surface area contributed by atoms with Gasteiger partial charge in [-0.2, -0.15) is 0 Å². The highest BCUT2D eigenvalue weighted by Crippen LogP contribution is 2.22. The van der Waals surface area contributed by atoms with Crippen LogP contribution in [-0.2, 0) is 14.4 Å². The maximum atomic E-state index is 11.4. The van der Waals surface area contributed by atoms with E-state index in [-0.39, 0.29) is 0 Å². The molecule has 0 N–H and O–H groups in total. The monoisotopic (exact) mass is 192 g/mol. The van der Waals surface area contributed by atoms with Crippen molar-refractivity contribution in [2.75, 3.05) is 0 Å². The first-order valence-electron chi connectivity index (χ1n) is 3.95. The molecule has 14 heavy (non-hydrogen) atoms. The quantitative estimate of drug-likeness (QED) is 0.470. The first kappa shape index (κ1) is 12.2. The van der Waals surface area contributed by atoms with Gasteiger partial charge in [-0.25, -0.2) is 0 Å². The molecule has 74 valence electrons. The van der Waals surface area contributed by atoms with E-state index in [4.69, 9.17) is 0 Å². The topological polar surface area (TPSA) is 51.2 Å². The lowest BCUT2D eigenvalue weighted by Gasteiger charge is -2.19. The minimum absolute atomic E-state index is 0.646. The van der Waals surface area contributed by atoms with Crippen LogP contribution in [0.25, 0.3) is 0 Å². The van der Waals surface area contributed by atoms with Crippen LogP contribution in [0.4, 0.5) is 0 Å². The van der Waals surface area contributed by atoms with Crippen molar-refractivity contribution in [3.05, 3.63) is 38.0 Å². The normalized spacial score (nSPS) is 10.1. The van der Waals surface area contributed by atoms with E-state index < -0.39 is 22.8 Å². The van der Waals surface area contributed by atoms with Crippen molar-refractivity contribution in [1.82, 2.24) is 0 Å². The first-order chi connectivity index (χ1) is 6.44. The number of allylic oxidation sites excluding steroid dienone is 3. The summed E-state index contributed by atoms with van der Waals surface area (Å²) < 4.78 is 0. The first-order valence-corrected chi connectivity index (χ1v) is 3.95. The Balaban J connectivity index is 5.46. The van der Waals surface area contributed by atoms with Gasteiger partial charge in [0, 0.05) is 0 Å². The van der Waals surface area contributed by atoms with Crippen LogP contribution in [0.5, 0.6) is 0 Å². The van der Waals surface area contributed by atoms with E-state index >= 15 is 0 Å². The molecule has 0 heterocycles. The Labute approximate surface area is 82.8 Å². The van der Waals surface area contributed by atoms with Crippen LogP contribution in [0.15, 0.2) is 38.0 Å². The van der Waals surface area contributed by atoms with Crippen LogP contribution in [0.1, 0.15) is 6.92 Å². The maximum absolute atomic E-state index is 11.4. The summed E-state index contributed by atoms with van der Waals surface area (Å²) in [4.78, 5) is 34.1. The molecule has 0 amide bonds. The summed E-state index contributed by atoms with van der Waals surface area (Å²) >= 11 is 0. The summed E-state index contributed by atoms with van der Waals surface area (Å²) in [5.74, 6) is -1.94. The Morgan fingerprint density at radius 2 is 1.07 bits per heavy atom. The molecule has 0 unspecified atom stereocenters. The van der Waals surface area contributed by atoms with Gasteiger partial charge in [-0.15, -0.1) is 0 Å². The van der Waals surface area contributed by atoms with Gasteiger partial charge in [-0.3, -0.25) is 14.4 Å². The summed E-state index contributed by atoms with van der Waals surface area (Å²) in [6, 6.07) is 0. The van der Waals surface area contributed by atoms with Crippen molar-refractivity contribution in [2.24, 2.45) is 5.41 Å². The average Bonchev–Trinajstić information content (AvgIpc) is 2.24. The zero-order valence-corrected chi connectivity index (χ0v) is 8.08. The largest absolute Gasteiger partial charge is 0.293 e. The van der Waals surface area contributed by atoms with Crippen molar-refractivity contribution in [3.63, 3.8) is 0 Å². The highest BCUT2D eigenvalue weighted by Gasteiger charge is 2.43. The van der Waals surface area contributed by atoms with E-state index in [0.717, 1.165) is 18.2 Å². The Kier molecular flexibility index (Phi) is 3.90. The summed E-state index contributed by atoms with van der Waals surface area (Å²) in [6.07, 6.45) is 2.84. The molecule has 0 spiro atoms. The Bertz CT molecular complexity index is 273. The lowest BCUT2D eigenvalue weighted by Crippen LogP contribution is -2.41. The molecule has 0 aliphatic heterocycles. The fraction of sp³-hybridized carbons (Fsp3) is 0.182. The molecule has 0 aromatic heterocycles. The summed E-state index contributed by atoms with van der Waals surface area (Å²) in [6.45, 7) is 11.0. The van der Waals surface area contributed by atoms with Crippen LogP contribution < -0.4 is 0 Å². The maximum Gasteiger partial charge on any atom is 0.176 e. The summed E-state index contributed by atoms with van der Waals surface area (Å²) in [5, 5.41) is 0. The lowest BCUT2D eigenvalue weighted by atomic mass is 9.77. The van der Waals surface area contributed by atoms with E-state index in [0.29, 0.717) is 0 Å². The average molecular weight is 192 g/mol. The zero-order chi connectivity index (χ0) is 11.4. The van der Waals surface area contributed by atoms with Gasteiger partial charge in [-0.1, -0.05) is 19.7 Å². The third kappa shape index (κ3) is 1.76. The summed E-state index contributed by atoms with van der Waals surface area (Å²) in [7, 11) is 0. The fourth-order valence-electron chi connectivity index (χ4n) is 0.977. The van der Waals surface area contributed by atoms with Gasteiger partial charge in [0.25, 0.3) is 0 Å². The second kappa shape index (κ2) is 4.46. The van der Waals surface area contributed by atoms with Crippen molar-refractivity contribution in [1.29, 1.82) is 0 Å². The van der Waals surface area contributed by atoms with Crippen LogP contribution in [0, 0.1) is 5.41 Å². The van der Waals surface area contributed by atoms with E-state index in [1.807, 2.05) is 0 Å². The molecule has 0 aliphatic rings. The Hall–Kier alpha value is -1.77. The minimum Gasteiger partial charge on any atom is -0.293 e. The summed E-state index contributed by atoms with van der Waals surface area (Å²) in [5.41, 5.74) is -1.74. The molecule has 0 atom stereocenters. The van der Waals surface area contributed by atoms with Gasteiger partial charge in [0.2, 0.25) is 0 Å². The molecule has 0 bridgehead atoms. The van der Waals surface area contributed by atoms with Gasteiger partial charge in [0.15, 0.2) is 22.8 Å². The van der Waals surface area contributed by atoms with E-state index in [2.05, 4.69) is 19.7 Å². The fourth-order valence-corrected chi connectivity index (χ4v) is 0.977. The van der Waals surface area contributed by atoms with Gasteiger partial charge >= 0.3 is 0 Å². The van der Waals surface area contributed by atoms with Crippen LogP contribution in [0.2, 0.25) is 0 Å². The zero-order valence-electron chi connectivity index (χ0n) is 8.08. The second-order valence-corrected chi connectivity index (χ2v) is 2.83. The van der Waals surface area contributed by atoms with Gasteiger partial charge in [0.1, 0.15) is 0 Å². The smallest absolute Gasteiger partial charge is 0.176 e. The van der Waals surface area contributed by atoms with Gasteiger partial charge in [-0.05, 0) is 25.2 Å². The number of carbonyl (C=O) groups excluding carboxylic acids is 3. The SMILES string of the molecule is C=CC(=O)C(C)(C(=O)C=C)C(=O)C=C. The Morgan fingerprint density at radius 1 is 0.857 bits per heavy atom. The molecule has 0 saturated carbocycles. The minimum atomic E-state index is -1.74. The number of carbonyl (C=O) groups is 3. The van der Waals surface area contributed by atoms with Crippen molar-refractivity contribution >= 4 is 17.3 Å². The van der Waals surface area contributed by atoms with Gasteiger partial charge in [0.05, 0.1) is 0 Å². The standard InChI is InChI=1S/C11H12O3/c1-5-8(12)11(4,9(13)6-2)10(14)7-3/h5-7H,1-3H2,4H3. The van der Waals surface area contributed by atoms with Crippen LogP contribution >= 0.6 is 0 Å². The third-order valence-electron chi connectivity index (χ3n) is 2.03. The second-order valence-electron chi connectivity index (χ2n) is 2.83. The number of ketones is 3. The molecule has 0 saturated heterocycles. The molecular weight excluding hydrogens is 180 g/mol. The predicted octanol–water partition coefficient (Wildman–Crippen LogP) is 1.26. The van der Waals surface area contributed by atoms with E-state index in [1.165, 1.54) is 6.92 Å². The molecule has 0 rings (SSSR count). The van der Waals surface area contributed by atoms with E-state index in [1.54, 1.807) is 0 Å². The highest BCUT2D eigenvalue weighted by atomic mass is 16.2. The molecule has 0 aromatic carbocycles. The predicted molar refractivity (Wildman–Crippen MR) is 53.7 cm³/mol.